The lowest BCUT2D eigenvalue weighted by Crippen LogP contribution is -2.40. The van der Waals surface area contributed by atoms with Crippen LogP contribution >= 0.6 is 0 Å². The Kier molecular flexibility index (Phi) is 2.31. The summed E-state index contributed by atoms with van der Waals surface area (Å²) in [5.74, 6) is 2.09. The van der Waals surface area contributed by atoms with E-state index in [2.05, 4.69) is 5.32 Å². The van der Waals surface area contributed by atoms with Gasteiger partial charge in [0.25, 0.3) is 0 Å². The molecule has 2 nitrogen and oxygen atoms in total. The summed E-state index contributed by atoms with van der Waals surface area (Å²) in [4.78, 5) is 11.5. The molecule has 2 fully saturated rings. The van der Waals surface area contributed by atoms with Crippen LogP contribution in [0.25, 0.3) is 0 Å². The molecule has 13 heavy (non-hydrogen) atoms. The Morgan fingerprint density at radius 1 is 1.31 bits per heavy atom. The molecule has 0 aromatic carbocycles. The third-order valence-electron chi connectivity index (χ3n) is 3.59. The van der Waals surface area contributed by atoms with Crippen molar-refractivity contribution >= 4 is 5.91 Å². The Hall–Kier alpha value is -0.530. The predicted molar refractivity (Wildman–Crippen MR) is 52.2 cm³/mol. The number of carbonyl (C=O) groups is 1. The van der Waals surface area contributed by atoms with E-state index < -0.39 is 0 Å². The minimum atomic E-state index is 0.138. The van der Waals surface area contributed by atoms with E-state index in [0.29, 0.717) is 6.04 Å². The lowest BCUT2D eigenvalue weighted by molar-refractivity contribution is -0.125. The average molecular weight is 181 g/mol. The van der Waals surface area contributed by atoms with E-state index in [9.17, 15) is 4.79 Å². The van der Waals surface area contributed by atoms with Gasteiger partial charge < -0.3 is 5.32 Å². The van der Waals surface area contributed by atoms with Gasteiger partial charge in [-0.25, -0.2) is 0 Å². The highest BCUT2D eigenvalue weighted by Gasteiger charge is 2.40. The Bertz CT molecular complexity index is 212. The molecule has 1 N–H and O–H groups in total. The van der Waals surface area contributed by atoms with Gasteiger partial charge in [0, 0.05) is 12.0 Å². The van der Waals surface area contributed by atoms with E-state index in [4.69, 9.17) is 0 Å². The van der Waals surface area contributed by atoms with Crippen molar-refractivity contribution in [3.8, 4) is 0 Å². The SMILES string of the molecule is CC(C)C(=O)N[C@H]1C[C@H]2CC[C@@H]1C2. The first-order valence-electron chi connectivity index (χ1n) is 5.47. The Labute approximate surface area is 80.1 Å². The van der Waals surface area contributed by atoms with E-state index in [1.807, 2.05) is 13.8 Å². The van der Waals surface area contributed by atoms with Crippen molar-refractivity contribution in [2.75, 3.05) is 0 Å². The van der Waals surface area contributed by atoms with E-state index >= 15 is 0 Å². The largest absolute Gasteiger partial charge is 0.353 e. The van der Waals surface area contributed by atoms with Crippen LogP contribution in [0.2, 0.25) is 0 Å². The van der Waals surface area contributed by atoms with Crippen LogP contribution in [0.4, 0.5) is 0 Å². The molecule has 1 amide bonds. The fourth-order valence-corrected chi connectivity index (χ4v) is 2.77. The second-order valence-electron chi connectivity index (χ2n) is 4.94. The summed E-state index contributed by atoms with van der Waals surface area (Å²) in [7, 11) is 0. The highest BCUT2D eigenvalue weighted by Crippen LogP contribution is 2.44. The zero-order valence-electron chi connectivity index (χ0n) is 8.55. The van der Waals surface area contributed by atoms with E-state index in [1.54, 1.807) is 0 Å². The molecule has 0 unspecified atom stereocenters. The second kappa shape index (κ2) is 3.32. The van der Waals surface area contributed by atoms with Gasteiger partial charge in [-0.15, -0.1) is 0 Å². The molecule has 0 spiro atoms. The smallest absolute Gasteiger partial charge is 0.222 e. The molecular formula is C11H19NO. The molecule has 0 heterocycles. The monoisotopic (exact) mass is 181 g/mol. The predicted octanol–water partition coefficient (Wildman–Crippen LogP) is 1.95. The summed E-state index contributed by atoms with van der Waals surface area (Å²) in [5.41, 5.74) is 0. The lowest BCUT2D eigenvalue weighted by Gasteiger charge is -2.23. The molecule has 2 heteroatoms. The number of hydrogen-bond acceptors (Lipinski definition) is 1. The molecular weight excluding hydrogens is 162 g/mol. The van der Waals surface area contributed by atoms with Gasteiger partial charge in [-0.1, -0.05) is 20.3 Å². The van der Waals surface area contributed by atoms with Gasteiger partial charge in [-0.3, -0.25) is 4.79 Å². The maximum absolute atomic E-state index is 11.5. The van der Waals surface area contributed by atoms with Crippen molar-refractivity contribution in [1.82, 2.24) is 5.32 Å². The molecule has 0 saturated heterocycles. The van der Waals surface area contributed by atoms with Gasteiger partial charge >= 0.3 is 0 Å². The minimum Gasteiger partial charge on any atom is -0.353 e. The summed E-state index contributed by atoms with van der Waals surface area (Å²) in [6, 6.07) is 0.508. The van der Waals surface area contributed by atoms with Gasteiger partial charge in [0.2, 0.25) is 5.91 Å². The highest BCUT2D eigenvalue weighted by atomic mass is 16.1. The van der Waals surface area contributed by atoms with Crippen LogP contribution in [0.1, 0.15) is 39.5 Å². The van der Waals surface area contributed by atoms with Gasteiger partial charge in [-0.05, 0) is 31.1 Å². The summed E-state index contributed by atoms with van der Waals surface area (Å²) < 4.78 is 0. The van der Waals surface area contributed by atoms with E-state index in [-0.39, 0.29) is 11.8 Å². The quantitative estimate of drug-likeness (QED) is 0.693. The van der Waals surface area contributed by atoms with Crippen molar-refractivity contribution in [2.45, 2.75) is 45.6 Å². The summed E-state index contributed by atoms with van der Waals surface area (Å²) in [6.07, 6.45) is 5.35. The minimum absolute atomic E-state index is 0.138. The van der Waals surface area contributed by atoms with Gasteiger partial charge in [0.05, 0.1) is 0 Å². The third kappa shape index (κ3) is 1.72. The average Bonchev–Trinajstić information content (AvgIpc) is 2.64. The Balaban J connectivity index is 1.86. The van der Waals surface area contributed by atoms with Crippen molar-refractivity contribution < 1.29 is 4.79 Å². The van der Waals surface area contributed by atoms with Crippen LogP contribution in [0.15, 0.2) is 0 Å². The van der Waals surface area contributed by atoms with E-state index in [1.165, 1.54) is 25.7 Å². The molecule has 0 aromatic rings. The molecule has 2 bridgehead atoms. The van der Waals surface area contributed by atoms with Gasteiger partial charge in [0.1, 0.15) is 0 Å². The molecule has 0 aromatic heterocycles. The maximum Gasteiger partial charge on any atom is 0.222 e. The van der Waals surface area contributed by atoms with Gasteiger partial charge in [0.15, 0.2) is 0 Å². The number of hydrogen-bond donors (Lipinski definition) is 1. The topological polar surface area (TPSA) is 29.1 Å². The molecule has 2 saturated carbocycles. The van der Waals surface area contributed by atoms with Crippen LogP contribution in [0.5, 0.6) is 0 Å². The second-order valence-corrected chi connectivity index (χ2v) is 4.94. The number of fused-ring (bicyclic) bond motifs is 2. The lowest BCUT2D eigenvalue weighted by atomic mass is 9.95. The summed E-state index contributed by atoms with van der Waals surface area (Å²) in [5, 5.41) is 3.17. The van der Waals surface area contributed by atoms with Crippen molar-refractivity contribution in [3.05, 3.63) is 0 Å². The van der Waals surface area contributed by atoms with E-state index in [0.717, 1.165) is 11.8 Å². The number of amides is 1. The van der Waals surface area contributed by atoms with Crippen LogP contribution in [-0.4, -0.2) is 11.9 Å². The Morgan fingerprint density at radius 3 is 2.54 bits per heavy atom. The fourth-order valence-electron chi connectivity index (χ4n) is 2.77. The third-order valence-corrected chi connectivity index (χ3v) is 3.59. The van der Waals surface area contributed by atoms with Gasteiger partial charge in [-0.2, -0.15) is 0 Å². The molecule has 0 aliphatic heterocycles. The van der Waals surface area contributed by atoms with Crippen LogP contribution in [-0.2, 0) is 4.79 Å². The molecule has 3 atom stereocenters. The first-order valence-corrected chi connectivity index (χ1v) is 5.47. The first-order chi connectivity index (χ1) is 6.16. The number of rotatable bonds is 2. The summed E-state index contributed by atoms with van der Waals surface area (Å²) in [6.45, 7) is 3.92. The molecule has 2 rings (SSSR count). The van der Waals surface area contributed by atoms with Crippen LogP contribution < -0.4 is 5.32 Å². The standard InChI is InChI=1S/C11H19NO/c1-7(2)11(13)12-10-6-8-3-4-9(10)5-8/h7-10H,3-6H2,1-2H3,(H,12,13)/t8-,9+,10-/m0/s1. The van der Waals surface area contributed by atoms with Crippen LogP contribution in [0, 0.1) is 17.8 Å². The zero-order chi connectivity index (χ0) is 9.42. The fraction of sp³-hybridized carbons (Fsp3) is 0.909. The molecule has 2 aliphatic rings. The maximum atomic E-state index is 11.5. The number of nitrogens with one attached hydrogen (secondary N) is 1. The van der Waals surface area contributed by atoms with Crippen molar-refractivity contribution in [1.29, 1.82) is 0 Å². The number of carbonyl (C=O) groups excluding carboxylic acids is 1. The van der Waals surface area contributed by atoms with Crippen LogP contribution in [0.3, 0.4) is 0 Å². The Morgan fingerprint density at radius 2 is 2.08 bits per heavy atom. The molecule has 74 valence electrons. The van der Waals surface area contributed by atoms with Crippen molar-refractivity contribution in [2.24, 2.45) is 17.8 Å². The summed E-state index contributed by atoms with van der Waals surface area (Å²) >= 11 is 0. The zero-order valence-corrected chi connectivity index (χ0v) is 8.55. The first kappa shape index (κ1) is 9.04. The van der Waals surface area contributed by atoms with Crippen molar-refractivity contribution in [3.63, 3.8) is 0 Å². The highest BCUT2D eigenvalue weighted by molar-refractivity contribution is 5.78. The molecule has 2 aliphatic carbocycles. The molecule has 0 radical (unpaired) electrons. The normalized spacial score (nSPS) is 37.0.